The molecule has 3 nitrogen and oxygen atoms in total. The largest absolute Gasteiger partial charge is 1.00 e. The number of aryl methyl sites for hydroxylation is 1. The molecule has 0 bridgehead atoms. The molecule has 1 aromatic rings. The molecular weight excluding hydrogens is 379 g/mol. The SMILES string of the molecule is CCCCCCCCCCCCCC(CC)c1ccc(C)c(S(=O)(=O)[O-])c1.[Na+]. The van der Waals surface area contributed by atoms with E-state index in [0.717, 1.165) is 18.4 Å². The number of hydrogen-bond acceptors (Lipinski definition) is 3. The second-order valence-electron chi connectivity index (χ2n) is 7.91. The van der Waals surface area contributed by atoms with Gasteiger partial charge in [-0.2, -0.15) is 0 Å². The molecule has 28 heavy (non-hydrogen) atoms. The first-order valence-corrected chi connectivity index (χ1v) is 12.4. The van der Waals surface area contributed by atoms with Crippen molar-refractivity contribution in [2.75, 3.05) is 0 Å². The predicted molar refractivity (Wildman–Crippen MR) is 113 cm³/mol. The predicted octanol–water partition coefficient (Wildman–Crippen LogP) is 4.10. The topological polar surface area (TPSA) is 57.2 Å². The fourth-order valence-electron chi connectivity index (χ4n) is 3.80. The molecule has 0 amide bonds. The number of rotatable bonds is 15. The standard InChI is InChI=1S/C23H40O3S.Na/c1-4-6-7-8-9-10-11-12-13-14-15-16-21(5-2)22-18-17-20(3)23(19-22)27(24,25)26;/h17-19,21H,4-16H2,1-3H3,(H,24,25,26);/q;+1/p-1. The van der Waals surface area contributed by atoms with Gasteiger partial charge < -0.3 is 4.55 Å². The van der Waals surface area contributed by atoms with Gasteiger partial charge in [-0.3, -0.25) is 0 Å². The van der Waals surface area contributed by atoms with Crippen molar-refractivity contribution in [3.63, 3.8) is 0 Å². The van der Waals surface area contributed by atoms with Crippen LogP contribution in [0.25, 0.3) is 0 Å². The monoisotopic (exact) mass is 418 g/mol. The molecule has 0 aromatic heterocycles. The van der Waals surface area contributed by atoms with E-state index in [4.69, 9.17) is 0 Å². The van der Waals surface area contributed by atoms with Crippen LogP contribution in [-0.2, 0) is 10.1 Å². The normalized spacial score (nSPS) is 12.6. The van der Waals surface area contributed by atoms with E-state index < -0.39 is 10.1 Å². The molecule has 0 aliphatic carbocycles. The van der Waals surface area contributed by atoms with Crippen molar-refractivity contribution in [1.82, 2.24) is 0 Å². The van der Waals surface area contributed by atoms with Gasteiger partial charge in [0.1, 0.15) is 10.1 Å². The van der Waals surface area contributed by atoms with Gasteiger partial charge in [0.2, 0.25) is 0 Å². The summed E-state index contributed by atoms with van der Waals surface area (Å²) < 4.78 is 34.3. The van der Waals surface area contributed by atoms with Crippen LogP contribution in [0.3, 0.4) is 0 Å². The Labute approximate surface area is 196 Å². The van der Waals surface area contributed by atoms with Crippen molar-refractivity contribution in [2.45, 2.75) is 115 Å². The molecule has 0 aliphatic rings. The second kappa shape index (κ2) is 15.9. The van der Waals surface area contributed by atoms with Gasteiger partial charge >= 0.3 is 29.6 Å². The third kappa shape index (κ3) is 11.3. The minimum atomic E-state index is -4.39. The third-order valence-corrected chi connectivity index (χ3v) is 6.58. The number of hydrogen-bond donors (Lipinski definition) is 0. The summed E-state index contributed by atoms with van der Waals surface area (Å²) in [5.41, 5.74) is 1.53. The van der Waals surface area contributed by atoms with Crippen molar-refractivity contribution in [3.8, 4) is 0 Å². The molecule has 0 saturated heterocycles. The smallest absolute Gasteiger partial charge is 0.744 e. The summed E-state index contributed by atoms with van der Waals surface area (Å²) >= 11 is 0. The molecule has 1 atom stereocenters. The summed E-state index contributed by atoms with van der Waals surface area (Å²) in [4.78, 5) is -0.0580. The van der Waals surface area contributed by atoms with E-state index in [9.17, 15) is 13.0 Å². The molecule has 0 aliphatic heterocycles. The molecule has 1 aromatic carbocycles. The molecular formula is C23H39NaO3S. The van der Waals surface area contributed by atoms with Crippen LogP contribution in [0.2, 0.25) is 0 Å². The van der Waals surface area contributed by atoms with E-state index in [2.05, 4.69) is 13.8 Å². The van der Waals surface area contributed by atoms with Crippen LogP contribution in [0.5, 0.6) is 0 Å². The van der Waals surface area contributed by atoms with E-state index in [1.165, 1.54) is 70.6 Å². The van der Waals surface area contributed by atoms with E-state index in [-0.39, 0.29) is 34.5 Å². The Kier molecular flexibility index (Phi) is 16.0. The maximum absolute atomic E-state index is 11.4. The molecule has 1 unspecified atom stereocenters. The van der Waals surface area contributed by atoms with Gasteiger partial charge in [-0.1, -0.05) is 96.6 Å². The maximum Gasteiger partial charge on any atom is 1.00 e. The third-order valence-electron chi connectivity index (χ3n) is 5.60. The van der Waals surface area contributed by atoms with Crippen molar-refractivity contribution >= 4 is 10.1 Å². The van der Waals surface area contributed by atoms with Gasteiger partial charge in [-0.05, 0) is 42.9 Å². The van der Waals surface area contributed by atoms with Crippen LogP contribution in [0.15, 0.2) is 23.1 Å². The minimum Gasteiger partial charge on any atom is -0.744 e. The van der Waals surface area contributed by atoms with E-state index in [0.29, 0.717) is 11.5 Å². The molecule has 0 N–H and O–H groups in total. The van der Waals surface area contributed by atoms with Crippen LogP contribution >= 0.6 is 0 Å². The van der Waals surface area contributed by atoms with Crippen LogP contribution in [-0.4, -0.2) is 13.0 Å². The quantitative estimate of drug-likeness (QED) is 0.245. The van der Waals surface area contributed by atoms with Crippen LogP contribution < -0.4 is 29.6 Å². The first kappa shape index (κ1) is 28.1. The Hall–Kier alpha value is 0.130. The Morgan fingerprint density at radius 2 is 1.36 bits per heavy atom. The zero-order valence-electron chi connectivity index (χ0n) is 18.6. The Bertz CT molecular complexity index is 629. The molecule has 1 rings (SSSR count). The van der Waals surface area contributed by atoms with Gasteiger partial charge in [0.25, 0.3) is 0 Å². The number of unbranched alkanes of at least 4 members (excludes halogenated alkanes) is 10. The zero-order valence-corrected chi connectivity index (χ0v) is 21.5. The summed E-state index contributed by atoms with van der Waals surface area (Å²) in [6.07, 6.45) is 16.7. The van der Waals surface area contributed by atoms with E-state index >= 15 is 0 Å². The molecule has 0 radical (unpaired) electrons. The molecule has 5 heteroatoms. The summed E-state index contributed by atoms with van der Waals surface area (Å²) in [5, 5.41) is 0. The molecule has 0 spiro atoms. The fraction of sp³-hybridized carbons (Fsp3) is 0.739. The first-order valence-electron chi connectivity index (χ1n) is 11.0. The summed E-state index contributed by atoms with van der Waals surface area (Å²) in [5.74, 6) is 0.338. The Balaban J connectivity index is 0.00000729. The summed E-state index contributed by atoms with van der Waals surface area (Å²) in [6.45, 7) is 6.07. The van der Waals surface area contributed by atoms with Gasteiger partial charge in [0, 0.05) is 0 Å². The van der Waals surface area contributed by atoms with Gasteiger partial charge in [-0.15, -0.1) is 0 Å². The van der Waals surface area contributed by atoms with E-state index in [1.54, 1.807) is 19.1 Å². The van der Waals surface area contributed by atoms with Crippen molar-refractivity contribution in [3.05, 3.63) is 29.3 Å². The average molecular weight is 419 g/mol. The number of benzene rings is 1. The van der Waals surface area contributed by atoms with Gasteiger partial charge in [0.15, 0.2) is 0 Å². The first-order chi connectivity index (χ1) is 12.9. The molecule has 156 valence electrons. The molecule has 0 heterocycles. The summed E-state index contributed by atoms with van der Waals surface area (Å²) in [7, 11) is -4.39. The van der Waals surface area contributed by atoms with Gasteiger partial charge in [0.05, 0.1) is 4.90 Å². The van der Waals surface area contributed by atoms with Crippen molar-refractivity contribution < 1.29 is 42.5 Å². The van der Waals surface area contributed by atoms with Crippen LogP contribution in [0, 0.1) is 6.92 Å². The second-order valence-corrected chi connectivity index (χ2v) is 9.26. The maximum atomic E-state index is 11.4. The van der Waals surface area contributed by atoms with Gasteiger partial charge in [-0.25, -0.2) is 8.42 Å². The minimum absolute atomic E-state index is 0. The van der Waals surface area contributed by atoms with Crippen LogP contribution in [0.1, 0.15) is 114 Å². The summed E-state index contributed by atoms with van der Waals surface area (Å²) in [6, 6.07) is 5.35. The average Bonchev–Trinajstić information content (AvgIpc) is 2.62. The van der Waals surface area contributed by atoms with E-state index in [1.807, 2.05) is 6.07 Å². The van der Waals surface area contributed by atoms with Crippen LogP contribution in [0.4, 0.5) is 0 Å². The zero-order chi connectivity index (χ0) is 20.1. The Morgan fingerprint density at radius 1 is 0.857 bits per heavy atom. The van der Waals surface area contributed by atoms with Crippen molar-refractivity contribution in [1.29, 1.82) is 0 Å². The Morgan fingerprint density at radius 3 is 1.82 bits per heavy atom. The fourth-order valence-corrected chi connectivity index (χ4v) is 4.54. The van der Waals surface area contributed by atoms with Crippen molar-refractivity contribution in [2.24, 2.45) is 0 Å². The molecule has 0 fully saturated rings. The molecule has 0 saturated carbocycles.